The Morgan fingerprint density at radius 1 is 1.36 bits per heavy atom. The quantitative estimate of drug-likeness (QED) is 0.867. The van der Waals surface area contributed by atoms with Gasteiger partial charge < -0.3 is 19.7 Å². The molecule has 0 aliphatic rings. The molecule has 0 fully saturated rings. The number of amides is 1. The van der Waals surface area contributed by atoms with Crippen molar-refractivity contribution in [3.63, 3.8) is 0 Å². The molecule has 0 spiro atoms. The zero-order valence-electron chi connectivity index (χ0n) is 11.9. The summed E-state index contributed by atoms with van der Waals surface area (Å²) >= 11 is 0. The molecule has 1 heterocycles. The average Bonchev–Trinajstić information content (AvgIpc) is 2.50. The maximum atomic E-state index is 12.8. The Kier molecular flexibility index (Phi) is 4.90. The summed E-state index contributed by atoms with van der Waals surface area (Å²) in [5, 5.41) is 11.9. The highest BCUT2D eigenvalue weighted by Crippen LogP contribution is 2.10. The number of hydrogen-bond acceptors (Lipinski definition) is 4. The summed E-state index contributed by atoms with van der Waals surface area (Å²) in [5.41, 5.74) is 0.367. The third-order valence-corrected chi connectivity index (χ3v) is 3.01. The maximum absolute atomic E-state index is 12.8. The molecule has 2 aromatic rings. The summed E-state index contributed by atoms with van der Waals surface area (Å²) < 4.78 is 19.1. The van der Waals surface area contributed by atoms with Gasteiger partial charge in [0, 0.05) is 17.4 Å². The second kappa shape index (κ2) is 6.86. The SMILES string of the molecule is COc1cn(CC(=O)Nc2ccc(F)cc2)c(CO)cc1=O. The lowest BCUT2D eigenvalue weighted by Crippen LogP contribution is -2.23. The minimum absolute atomic E-state index is 0.0757. The highest BCUT2D eigenvalue weighted by atomic mass is 19.1. The molecular weight excluding hydrogens is 291 g/mol. The number of aliphatic hydroxyl groups is 1. The summed E-state index contributed by atoms with van der Waals surface area (Å²) in [5.74, 6) is -0.704. The van der Waals surface area contributed by atoms with Gasteiger partial charge in [0.05, 0.1) is 19.9 Å². The number of aromatic nitrogens is 1. The minimum atomic E-state index is -0.397. The average molecular weight is 306 g/mol. The van der Waals surface area contributed by atoms with E-state index in [1.165, 1.54) is 48.2 Å². The van der Waals surface area contributed by atoms with E-state index in [0.29, 0.717) is 11.4 Å². The van der Waals surface area contributed by atoms with E-state index in [2.05, 4.69) is 5.32 Å². The Morgan fingerprint density at radius 2 is 2.05 bits per heavy atom. The van der Waals surface area contributed by atoms with E-state index >= 15 is 0 Å². The molecule has 0 bridgehead atoms. The number of nitrogens with zero attached hydrogens (tertiary/aromatic N) is 1. The molecule has 1 amide bonds. The van der Waals surface area contributed by atoms with E-state index in [4.69, 9.17) is 4.74 Å². The summed E-state index contributed by atoms with van der Waals surface area (Å²) in [4.78, 5) is 23.6. The van der Waals surface area contributed by atoms with Crippen molar-refractivity contribution >= 4 is 11.6 Å². The van der Waals surface area contributed by atoms with Crippen LogP contribution in [0.25, 0.3) is 0 Å². The lowest BCUT2D eigenvalue weighted by atomic mass is 10.3. The monoisotopic (exact) mass is 306 g/mol. The van der Waals surface area contributed by atoms with Gasteiger partial charge in [-0.05, 0) is 24.3 Å². The summed E-state index contributed by atoms with van der Waals surface area (Å²) in [6, 6.07) is 6.55. The number of rotatable bonds is 5. The van der Waals surface area contributed by atoms with Crippen molar-refractivity contribution in [2.45, 2.75) is 13.2 Å². The Morgan fingerprint density at radius 3 is 2.64 bits per heavy atom. The Labute approximate surface area is 125 Å². The summed E-state index contributed by atoms with van der Waals surface area (Å²) in [7, 11) is 1.35. The van der Waals surface area contributed by atoms with Gasteiger partial charge in [-0.3, -0.25) is 9.59 Å². The third kappa shape index (κ3) is 3.70. The Balaban J connectivity index is 2.17. The van der Waals surface area contributed by atoms with E-state index in [1.54, 1.807) is 0 Å². The third-order valence-electron chi connectivity index (χ3n) is 3.01. The number of aliphatic hydroxyl groups excluding tert-OH is 1. The number of benzene rings is 1. The second-order valence-corrected chi connectivity index (χ2v) is 4.54. The van der Waals surface area contributed by atoms with E-state index in [1.807, 2.05) is 0 Å². The molecule has 0 unspecified atom stereocenters. The van der Waals surface area contributed by atoms with Crippen LogP contribution in [-0.4, -0.2) is 22.7 Å². The predicted octanol–water partition coefficient (Wildman–Crippen LogP) is 1.13. The van der Waals surface area contributed by atoms with Gasteiger partial charge >= 0.3 is 0 Å². The molecule has 7 heteroatoms. The molecule has 0 aliphatic heterocycles. The zero-order valence-corrected chi connectivity index (χ0v) is 11.9. The van der Waals surface area contributed by atoms with Crippen LogP contribution in [0, 0.1) is 5.82 Å². The number of anilines is 1. The topological polar surface area (TPSA) is 80.6 Å². The molecule has 6 nitrogen and oxygen atoms in total. The van der Waals surface area contributed by atoms with Gasteiger partial charge in [-0.15, -0.1) is 0 Å². The van der Waals surface area contributed by atoms with Crippen LogP contribution >= 0.6 is 0 Å². The van der Waals surface area contributed by atoms with Crippen molar-refractivity contribution in [2.24, 2.45) is 0 Å². The smallest absolute Gasteiger partial charge is 0.244 e. The molecular formula is C15H15FN2O4. The molecule has 22 heavy (non-hydrogen) atoms. The van der Waals surface area contributed by atoms with Crippen molar-refractivity contribution in [3.8, 4) is 5.75 Å². The van der Waals surface area contributed by atoms with Gasteiger partial charge in [-0.1, -0.05) is 0 Å². The van der Waals surface area contributed by atoms with Gasteiger partial charge in [0.2, 0.25) is 11.3 Å². The second-order valence-electron chi connectivity index (χ2n) is 4.54. The summed E-state index contributed by atoms with van der Waals surface area (Å²) in [6.45, 7) is -0.507. The van der Waals surface area contributed by atoms with Crippen LogP contribution in [-0.2, 0) is 17.9 Å². The maximum Gasteiger partial charge on any atom is 0.244 e. The number of halogens is 1. The molecule has 1 aromatic carbocycles. The number of carbonyl (C=O) groups excluding carboxylic acids is 1. The molecule has 0 saturated heterocycles. The lowest BCUT2D eigenvalue weighted by Gasteiger charge is -2.13. The van der Waals surface area contributed by atoms with E-state index in [9.17, 15) is 19.1 Å². The number of nitrogens with one attached hydrogen (secondary N) is 1. The van der Waals surface area contributed by atoms with Crippen LogP contribution in [0.15, 0.2) is 41.3 Å². The number of ether oxygens (including phenoxy) is 1. The van der Waals surface area contributed by atoms with Crippen LogP contribution in [0.3, 0.4) is 0 Å². The molecule has 0 radical (unpaired) electrons. The zero-order chi connectivity index (χ0) is 16.1. The summed E-state index contributed by atoms with van der Waals surface area (Å²) in [6.07, 6.45) is 1.36. The number of methoxy groups -OCH3 is 1. The number of carbonyl (C=O) groups is 1. The van der Waals surface area contributed by atoms with Crippen molar-refractivity contribution in [2.75, 3.05) is 12.4 Å². The highest BCUT2D eigenvalue weighted by molar-refractivity contribution is 5.90. The Bertz CT molecular complexity index is 725. The van der Waals surface area contributed by atoms with Crippen molar-refractivity contribution < 1.29 is 19.0 Å². The van der Waals surface area contributed by atoms with Gasteiger partial charge in [0.15, 0.2) is 5.75 Å². The fraction of sp³-hybridized carbons (Fsp3) is 0.200. The van der Waals surface area contributed by atoms with Crippen LogP contribution < -0.4 is 15.5 Å². The Hall–Kier alpha value is -2.67. The molecule has 1 aromatic heterocycles. The van der Waals surface area contributed by atoms with Crippen LogP contribution in [0.1, 0.15) is 5.69 Å². The van der Waals surface area contributed by atoms with E-state index < -0.39 is 5.82 Å². The van der Waals surface area contributed by atoms with Crippen molar-refractivity contribution in [1.82, 2.24) is 4.57 Å². The van der Waals surface area contributed by atoms with Crippen molar-refractivity contribution in [3.05, 3.63) is 58.3 Å². The van der Waals surface area contributed by atoms with Gasteiger partial charge in [-0.2, -0.15) is 0 Å². The van der Waals surface area contributed by atoms with Gasteiger partial charge in [-0.25, -0.2) is 4.39 Å². The largest absolute Gasteiger partial charge is 0.491 e. The number of pyridine rings is 1. The standard InChI is InChI=1S/C15H15FN2O4/c1-22-14-7-18(12(9-19)6-13(14)20)8-15(21)17-11-4-2-10(16)3-5-11/h2-7,19H,8-9H2,1H3,(H,17,21). The molecule has 0 atom stereocenters. The molecule has 116 valence electrons. The first kappa shape index (κ1) is 15.7. The molecule has 0 saturated carbocycles. The number of hydrogen-bond donors (Lipinski definition) is 2. The van der Waals surface area contributed by atoms with Crippen LogP contribution in [0.5, 0.6) is 5.75 Å². The first-order chi connectivity index (χ1) is 10.5. The molecule has 2 rings (SSSR count). The van der Waals surface area contributed by atoms with Crippen molar-refractivity contribution in [1.29, 1.82) is 0 Å². The van der Waals surface area contributed by atoms with Gasteiger partial charge in [0.25, 0.3) is 0 Å². The molecule has 2 N–H and O–H groups in total. The lowest BCUT2D eigenvalue weighted by molar-refractivity contribution is -0.116. The first-order valence-electron chi connectivity index (χ1n) is 6.47. The normalized spacial score (nSPS) is 10.3. The highest BCUT2D eigenvalue weighted by Gasteiger charge is 2.10. The molecule has 0 aliphatic carbocycles. The minimum Gasteiger partial charge on any atom is -0.491 e. The fourth-order valence-electron chi connectivity index (χ4n) is 1.92. The first-order valence-corrected chi connectivity index (χ1v) is 6.47. The van der Waals surface area contributed by atoms with Crippen LogP contribution in [0.4, 0.5) is 10.1 Å². The van der Waals surface area contributed by atoms with Gasteiger partial charge in [0.1, 0.15) is 12.4 Å². The van der Waals surface area contributed by atoms with E-state index in [-0.39, 0.29) is 30.2 Å². The van der Waals surface area contributed by atoms with E-state index in [0.717, 1.165) is 0 Å². The predicted molar refractivity (Wildman–Crippen MR) is 78.2 cm³/mol. The van der Waals surface area contributed by atoms with Crippen LogP contribution in [0.2, 0.25) is 0 Å². The fourth-order valence-corrected chi connectivity index (χ4v) is 1.92.